The first-order chi connectivity index (χ1) is 10.5. The van der Waals surface area contributed by atoms with Crippen LogP contribution in [0.2, 0.25) is 0 Å². The highest BCUT2D eigenvalue weighted by atomic mass is 19.1. The van der Waals surface area contributed by atoms with Gasteiger partial charge in [0.2, 0.25) is 0 Å². The zero-order valence-corrected chi connectivity index (χ0v) is 12.2. The van der Waals surface area contributed by atoms with Crippen LogP contribution in [-0.4, -0.2) is 34.0 Å². The van der Waals surface area contributed by atoms with E-state index in [2.05, 4.69) is 4.98 Å². The van der Waals surface area contributed by atoms with Crippen molar-refractivity contribution in [1.29, 1.82) is 0 Å². The molecule has 0 amide bonds. The minimum Gasteiger partial charge on any atom is -0.481 e. The summed E-state index contributed by atoms with van der Waals surface area (Å²) >= 11 is 0. The van der Waals surface area contributed by atoms with Gasteiger partial charge >= 0.3 is 5.97 Å². The van der Waals surface area contributed by atoms with Crippen LogP contribution in [0.25, 0.3) is 0 Å². The zero-order chi connectivity index (χ0) is 15.7. The average Bonchev–Trinajstić information content (AvgIpc) is 3.06. The first kappa shape index (κ1) is 14.7. The van der Waals surface area contributed by atoms with Crippen molar-refractivity contribution in [3.05, 3.63) is 53.5 Å². The molecule has 2 aromatic rings. The molecule has 6 heteroatoms. The van der Waals surface area contributed by atoms with Crippen LogP contribution in [0.3, 0.4) is 0 Å². The van der Waals surface area contributed by atoms with Crippen molar-refractivity contribution < 1.29 is 18.7 Å². The summed E-state index contributed by atoms with van der Waals surface area (Å²) in [5, 5.41) is 9.45. The SMILES string of the molecule is Cc1nc(CN2C[C@@H](C(=O)O)[C@H](c3cccc(F)c3)C2)co1. The monoisotopic (exact) mass is 304 g/mol. The molecule has 1 saturated heterocycles. The molecular weight excluding hydrogens is 287 g/mol. The van der Waals surface area contributed by atoms with Crippen LogP contribution in [0.5, 0.6) is 0 Å². The first-order valence-corrected chi connectivity index (χ1v) is 7.14. The number of aryl methyl sites for hydroxylation is 1. The molecule has 2 heterocycles. The number of hydrogen-bond donors (Lipinski definition) is 1. The number of likely N-dealkylation sites (tertiary alicyclic amines) is 1. The molecule has 116 valence electrons. The molecule has 1 aromatic heterocycles. The van der Waals surface area contributed by atoms with Crippen LogP contribution in [0.15, 0.2) is 34.9 Å². The molecule has 1 aromatic carbocycles. The highest BCUT2D eigenvalue weighted by molar-refractivity contribution is 5.72. The third-order valence-corrected chi connectivity index (χ3v) is 4.04. The van der Waals surface area contributed by atoms with Crippen molar-refractivity contribution in [3.63, 3.8) is 0 Å². The number of rotatable bonds is 4. The van der Waals surface area contributed by atoms with E-state index in [1.807, 2.05) is 4.90 Å². The Morgan fingerprint density at radius 1 is 1.50 bits per heavy atom. The molecule has 2 atom stereocenters. The van der Waals surface area contributed by atoms with Gasteiger partial charge in [0.1, 0.15) is 12.1 Å². The van der Waals surface area contributed by atoms with E-state index in [4.69, 9.17) is 4.42 Å². The lowest BCUT2D eigenvalue weighted by molar-refractivity contribution is -0.141. The van der Waals surface area contributed by atoms with Crippen LogP contribution in [0, 0.1) is 18.7 Å². The van der Waals surface area contributed by atoms with Crippen molar-refractivity contribution in [2.24, 2.45) is 5.92 Å². The van der Waals surface area contributed by atoms with E-state index >= 15 is 0 Å². The number of nitrogens with zero attached hydrogens (tertiary/aromatic N) is 2. The highest BCUT2D eigenvalue weighted by Crippen LogP contribution is 2.33. The van der Waals surface area contributed by atoms with E-state index in [9.17, 15) is 14.3 Å². The second-order valence-electron chi connectivity index (χ2n) is 5.66. The maximum absolute atomic E-state index is 13.4. The number of halogens is 1. The fraction of sp³-hybridized carbons (Fsp3) is 0.375. The van der Waals surface area contributed by atoms with Crippen molar-refractivity contribution in [2.75, 3.05) is 13.1 Å². The van der Waals surface area contributed by atoms with Crippen molar-refractivity contribution >= 4 is 5.97 Å². The maximum Gasteiger partial charge on any atom is 0.308 e. The van der Waals surface area contributed by atoms with E-state index in [1.165, 1.54) is 12.1 Å². The van der Waals surface area contributed by atoms with Gasteiger partial charge in [0, 0.05) is 32.5 Å². The molecular formula is C16H17FN2O3. The van der Waals surface area contributed by atoms with E-state index in [0.717, 1.165) is 11.3 Å². The summed E-state index contributed by atoms with van der Waals surface area (Å²) in [7, 11) is 0. The zero-order valence-electron chi connectivity index (χ0n) is 12.2. The van der Waals surface area contributed by atoms with Gasteiger partial charge < -0.3 is 9.52 Å². The van der Waals surface area contributed by atoms with Gasteiger partial charge in [-0.05, 0) is 17.7 Å². The van der Waals surface area contributed by atoms with Gasteiger partial charge in [-0.3, -0.25) is 9.69 Å². The summed E-state index contributed by atoms with van der Waals surface area (Å²) < 4.78 is 18.6. The summed E-state index contributed by atoms with van der Waals surface area (Å²) in [6.07, 6.45) is 1.58. The highest BCUT2D eigenvalue weighted by Gasteiger charge is 2.38. The van der Waals surface area contributed by atoms with Crippen LogP contribution < -0.4 is 0 Å². The Kier molecular flexibility index (Phi) is 3.94. The number of benzene rings is 1. The third-order valence-electron chi connectivity index (χ3n) is 4.04. The predicted molar refractivity (Wildman–Crippen MR) is 76.8 cm³/mol. The molecule has 22 heavy (non-hydrogen) atoms. The van der Waals surface area contributed by atoms with Gasteiger partial charge in [-0.2, -0.15) is 0 Å². The number of carboxylic acids is 1. The van der Waals surface area contributed by atoms with Crippen LogP contribution in [0.4, 0.5) is 4.39 Å². The summed E-state index contributed by atoms with van der Waals surface area (Å²) in [4.78, 5) is 17.8. The molecule has 0 spiro atoms. The molecule has 0 unspecified atom stereocenters. The second kappa shape index (κ2) is 5.88. The lowest BCUT2D eigenvalue weighted by Crippen LogP contribution is -2.23. The summed E-state index contributed by atoms with van der Waals surface area (Å²) in [6.45, 7) is 3.28. The Bertz CT molecular complexity index is 686. The summed E-state index contributed by atoms with van der Waals surface area (Å²) in [5.41, 5.74) is 1.51. The molecule has 1 aliphatic heterocycles. The standard InChI is InChI=1S/C16H17FN2O3/c1-10-18-13(9-22-10)6-19-7-14(15(8-19)16(20)21)11-3-2-4-12(17)5-11/h2-5,9,14-15H,6-8H2,1H3,(H,20,21)/t14-,15+/m0/s1. The number of hydrogen-bond acceptors (Lipinski definition) is 4. The number of oxazole rings is 1. The summed E-state index contributed by atoms with van der Waals surface area (Å²) in [5.74, 6) is -1.37. The minimum atomic E-state index is -0.854. The van der Waals surface area contributed by atoms with E-state index in [0.29, 0.717) is 25.5 Å². The maximum atomic E-state index is 13.4. The molecule has 0 saturated carbocycles. The Morgan fingerprint density at radius 2 is 2.32 bits per heavy atom. The third kappa shape index (κ3) is 3.01. The topological polar surface area (TPSA) is 66.6 Å². The molecule has 0 aliphatic carbocycles. The Labute approximate surface area is 127 Å². The molecule has 5 nitrogen and oxygen atoms in total. The largest absolute Gasteiger partial charge is 0.481 e. The van der Waals surface area contributed by atoms with Gasteiger partial charge in [-0.25, -0.2) is 9.37 Å². The molecule has 1 N–H and O–H groups in total. The van der Waals surface area contributed by atoms with Crippen LogP contribution in [0.1, 0.15) is 23.1 Å². The van der Waals surface area contributed by atoms with Gasteiger partial charge in [-0.15, -0.1) is 0 Å². The van der Waals surface area contributed by atoms with Gasteiger partial charge in [-0.1, -0.05) is 12.1 Å². The van der Waals surface area contributed by atoms with Crippen molar-refractivity contribution in [2.45, 2.75) is 19.4 Å². The van der Waals surface area contributed by atoms with E-state index < -0.39 is 11.9 Å². The van der Waals surface area contributed by atoms with Crippen LogP contribution >= 0.6 is 0 Å². The van der Waals surface area contributed by atoms with Gasteiger partial charge in [0.25, 0.3) is 0 Å². The molecule has 3 rings (SSSR count). The quantitative estimate of drug-likeness (QED) is 0.939. The van der Waals surface area contributed by atoms with Crippen LogP contribution in [-0.2, 0) is 11.3 Å². The molecule has 0 bridgehead atoms. The fourth-order valence-electron chi connectivity index (χ4n) is 3.05. The Hall–Kier alpha value is -2.21. The molecule has 0 radical (unpaired) electrons. The normalized spacial score (nSPS) is 22.1. The Balaban J connectivity index is 1.79. The number of carboxylic acid groups (broad SMARTS) is 1. The average molecular weight is 304 g/mol. The molecule has 1 fully saturated rings. The number of carbonyl (C=O) groups is 1. The lowest BCUT2D eigenvalue weighted by Gasteiger charge is -2.15. The Morgan fingerprint density at radius 3 is 2.95 bits per heavy atom. The number of aliphatic carboxylic acids is 1. The number of aromatic nitrogens is 1. The second-order valence-corrected chi connectivity index (χ2v) is 5.66. The van der Waals surface area contributed by atoms with Crippen molar-refractivity contribution in [3.8, 4) is 0 Å². The summed E-state index contributed by atoms with van der Waals surface area (Å²) in [6, 6.07) is 6.19. The van der Waals surface area contributed by atoms with Gasteiger partial charge in [0.05, 0.1) is 11.6 Å². The van der Waals surface area contributed by atoms with Gasteiger partial charge in [0.15, 0.2) is 5.89 Å². The smallest absolute Gasteiger partial charge is 0.308 e. The minimum absolute atomic E-state index is 0.221. The first-order valence-electron chi connectivity index (χ1n) is 7.14. The molecule has 1 aliphatic rings. The van der Waals surface area contributed by atoms with Crippen molar-refractivity contribution in [1.82, 2.24) is 9.88 Å². The van der Waals surface area contributed by atoms with E-state index in [-0.39, 0.29) is 11.7 Å². The van der Waals surface area contributed by atoms with E-state index in [1.54, 1.807) is 25.3 Å². The predicted octanol–water partition coefficient (Wildman–Crippen LogP) is 2.42. The lowest BCUT2D eigenvalue weighted by atomic mass is 9.89. The fourth-order valence-corrected chi connectivity index (χ4v) is 3.05.